The third-order valence-corrected chi connectivity index (χ3v) is 5.92. The number of carbonyl (C=O) groups is 1. The molecule has 0 fully saturated rings. The van der Waals surface area contributed by atoms with Crippen molar-refractivity contribution in [1.82, 2.24) is 0 Å². The Balaban J connectivity index is 1.59. The number of rotatable bonds is 10. The Bertz CT molecular complexity index is 1080. The maximum atomic E-state index is 13.4. The van der Waals surface area contributed by atoms with Crippen LogP contribution in [-0.2, 0) is 4.79 Å². The average Bonchev–Trinajstić information content (AvgIpc) is 2.80. The first kappa shape index (κ1) is 26.5. The first-order valence-electron chi connectivity index (χ1n) is 11.1. The fourth-order valence-corrected chi connectivity index (χ4v) is 3.86. The number of fused-ring (bicyclic) bond motifs is 1. The summed E-state index contributed by atoms with van der Waals surface area (Å²) in [6.45, 7) is 5.22. The Morgan fingerprint density at radius 1 is 1.06 bits per heavy atom. The predicted octanol–water partition coefficient (Wildman–Crippen LogP) is 6.55. The van der Waals surface area contributed by atoms with Gasteiger partial charge in [0.2, 0.25) is 5.60 Å². The molecule has 1 heterocycles. The van der Waals surface area contributed by atoms with Crippen LogP contribution in [0, 0.1) is 0 Å². The quantitative estimate of drug-likeness (QED) is 0.363. The number of halogens is 4. The standard InChI is InChI=1S/C25H26ClF3O6/c1-4-24(5-2,23(30)31)35-17-8-6-16(7-9-17)32-10-11-33-22-14-21-18(13-20(22)26)19(25(27,28)29)12-15(3)34-21/h6-9,12-15H,4-5,10-11H2,1-3H3,(H,30,31). The van der Waals surface area contributed by atoms with Crippen molar-refractivity contribution < 1.29 is 42.0 Å². The van der Waals surface area contributed by atoms with Crippen molar-refractivity contribution in [2.75, 3.05) is 13.2 Å². The number of benzene rings is 2. The minimum atomic E-state index is -4.53. The van der Waals surface area contributed by atoms with Gasteiger partial charge in [-0.2, -0.15) is 13.2 Å². The second-order valence-electron chi connectivity index (χ2n) is 7.96. The van der Waals surface area contributed by atoms with Gasteiger partial charge in [-0.25, -0.2) is 4.79 Å². The normalized spacial score (nSPS) is 15.5. The van der Waals surface area contributed by atoms with Gasteiger partial charge in [0.15, 0.2) is 0 Å². The van der Waals surface area contributed by atoms with Gasteiger partial charge in [-0.05, 0) is 56.2 Å². The van der Waals surface area contributed by atoms with Crippen molar-refractivity contribution >= 4 is 23.1 Å². The third-order valence-electron chi connectivity index (χ3n) is 5.62. The van der Waals surface area contributed by atoms with Gasteiger partial charge in [-0.3, -0.25) is 0 Å². The fraction of sp³-hybridized carbons (Fsp3) is 0.400. The minimum Gasteiger partial charge on any atom is -0.490 e. The second kappa shape index (κ2) is 10.7. The smallest absolute Gasteiger partial charge is 0.416 e. The summed E-state index contributed by atoms with van der Waals surface area (Å²) in [6, 6.07) is 9.03. The van der Waals surface area contributed by atoms with Crippen LogP contribution in [0.15, 0.2) is 42.5 Å². The Labute approximate surface area is 206 Å². The highest BCUT2D eigenvalue weighted by molar-refractivity contribution is 6.32. The van der Waals surface area contributed by atoms with Crippen molar-refractivity contribution in [3.63, 3.8) is 0 Å². The molecular formula is C25H26ClF3O6. The van der Waals surface area contributed by atoms with Crippen LogP contribution in [0.2, 0.25) is 5.02 Å². The molecule has 0 amide bonds. The fourth-order valence-electron chi connectivity index (χ4n) is 3.64. The zero-order valence-corrected chi connectivity index (χ0v) is 20.2. The molecule has 0 saturated carbocycles. The third kappa shape index (κ3) is 6.14. The summed E-state index contributed by atoms with van der Waals surface area (Å²) >= 11 is 6.15. The lowest BCUT2D eigenvalue weighted by molar-refractivity contribution is -0.156. The molecular weight excluding hydrogens is 489 g/mol. The molecule has 1 unspecified atom stereocenters. The van der Waals surface area contributed by atoms with E-state index in [9.17, 15) is 23.1 Å². The zero-order chi connectivity index (χ0) is 25.8. The summed E-state index contributed by atoms with van der Waals surface area (Å²) in [5, 5.41) is 9.51. The lowest BCUT2D eigenvalue weighted by atomic mass is 9.97. The highest BCUT2D eigenvalue weighted by atomic mass is 35.5. The number of allylic oxidation sites excluding steroid dienone is 1. The largest absolute Gasteiger partial charge is 0.490 e. The Kier molecular flexibility index (Phi) is 8.10. The number of hydrogen-bond acceptors (Lipinski definition) is 5. The molecule has 0 radical (unpaired) electrons. The van der Waals surface area contributed by atoms with Crippen LogP contribution < -0.4 is 18.9 Å². The van der Waals surface area contributed by atoms with Gasteiger partial charge in [-0.1, -0.05) is 25.4 Å². The minimum absolute atomic E-state index is 0.0207. The monoisotopic (exact) mass is 514 g/mol. The maximum Gasteiger partial charge on any atom is 0.416 e. The topological polar surface area (TPSA) is 74.2 Å². The maximum absolute atomic E-state index is 13.4. The summed E-state index contributed by atoms with van der Waals surface area (Å²) in [7, 11) is 0. The van der Waals surface area contributed by atoms with Gasteiger partial charge in [0.1, 0.15) is 42.3 Å². The molecule has 1 N–H and O–H groups in total. The van der Waals surface area contributed by atoms with Gasteiger partial charge in [-0.15, -0.1) is 0 Å². The van der Waals surface area contributed by atoms with Gasteiger partial charge < -0.3 is 24.1 Å². The molecule has 1 aliphatic rings. The molecule has 0 spiro atoms. The Hall–Kier alpha value is -3.07. The van der Waals surface area contributed by atoms with E-state index in [0.29, 0.717) is 24.3 Å². The molecule has 1 atom stereocenters. The van der Waals surface area contributed by atoms with Crippen molar-refractivity contribution in [2.45, 2.75) is 51.5 Å². The Morgan fingerprint density at radius 2 is 1.66 bits per heavy atom. The molecule has 0 aromatic heterocycles. The lowest BCUT2D eigenvalue weighted by Crippen LogP contribution is -2.43. The number of ether oxygens (including phenoxy) is 4. The number of carboxylic acids is 1. The van der Waals surface area contributed by atoms with Crippen molar-refractivity contribution in [1.29, 1.82) is 0 Å². The highest BCUT2D eigenvalue weighted by Gasteiger charge is 2.39. The summed E-state index contributed by atoms with van der Waals surface area (Å²) in [5.41, 5.74) is -2.22. The van der Waals surface area contributed by atoms with Crippen LogP contribution >= 0.6 is 11.6 Å². The SMILES string of the molecule is CCC(CC)(Oc1ccc(OCCOc2cc3c(cc2Cl)C(C(F)(F)F)=CC(C)O3)cc1)C(=O)O. The highest BCUT2D eigenvalue weighted by Crippen LogP contribution is 2.45. The van der Waals surface area contributed by atoms with E-state index in [0.717, 1.165) is 6.08 Å². The number of carboxylic acid groups (broad SMARTS) is 1. The molecule has 2 aromatic rings. The molecule has 3 rings (SSSR count). The van der Waals surface area contributed by atoms with Gasteiger partial charge >= 0.3 is 12.1 Å². The van der Waals surface area contributed by atoms with Crippen molar-refractivity contribution in [2.24, 2.45) is 0 Å². The van der Waals surface area contributed by atoms with Crippen LogP contribution in [0.3, 0.4) is 0 Å². The van der Waals surface area contributed by atoms with Crippen molar-refractivity contribution in [3.05, 3.63) is 53.1 Å². The molecule has 35 heavy (non-hydrogen) atoms. The van der Waals surface area contributed by atoms with E-state index in [2.05, 4.69) is 0 Å². The van der Waals surface area contributed by atoms with Crippen LogP contribution in [0.4, 0.5) is 13.2 Å². The van der Waals surface area contributed by atoms with Crippen LogP contribution in [0.5, 0.6) is 23.0 Å². The van der Waals surface area contributed by atoms with Gasteiger partial charge in [0.05, 0.1) is 10.6 Å². The van der Waals surface area contributed by atoms with Crippen LogP contribution in [0.25, 0.3) is 5.57 Å². The number of hydrogen-bond donors (Lipinski definition) is 1. The van der Waals surface area contributed by atoms with E-state index in [4.69, 9.17) is 30.5 Å². The lowest BCUT2D eigenvalue weighted by Gasteiger charge is -2.28. The molecule has 10 heteroatoms. The second-order valence-corrected chi connectivity index (χ2v) is 8.36. The van der Waals surface area contributed by atoms with E-state index in [1.807, 2.05) is 0 Å². The summed E-state index contributed by atoms with van der Waals surface area (Å²) in [4.78, 5) is 11.6. The number of alkyl halides is 3. The number of aliphatic carboxylic acids is 1. The van der Waals surface area contributed by atoms with E-state index >= 15 is 0 Å². The molecule has 2 aromatic carbocycles. The van der Waals surface area contributed by atoms with Crippen molar-refractivity contribution in [3.8, 4) is 23.0 Å². The molecule has 0 aliphatic carbocycles. The predicted molar refractivity (Wildman–Crippen MR) is 125 cm³/mol. The molecule has 0 saturated heterocycles. The summed E-state index contributed by atoms with van der Waals surface area (Å²) in [5.74, 6) is 0.106. The zero-order valence-electron chi connectivity index (χ0n) is 19.4. The Morgan fingerprint density at radius 3 is 2.23 bits per heavy atom. The summed E-state index contributed by atoms with van der Waals surface area (Å²) in [6.07, 6.45) is -3.64. The van der Waals surface area contributed by atoms with Gasteiger partial charge in [0.25, 0.3) is 0 Å². The summed E-state index contributed by atoms with van der Waals surface area (Å²) < 4.78 is 62.5. The first-order chi connectivity index (χ1) is 16.5. The molecule has 190 valence electrons. The molecule has 6 nitrogen and oxygen atoms in total. The van der Waals surface area contributed by atoms with E-state index < -0.39 is 29.4 Å². The molecule has 0 bridgehead atoms. The van der Waals surface area contributed by atoms with Crippen LogP contribution in [-0.4, -0.2) is 42.2 Å². The average molecular weight is 515 g/mol. The molecule has 1 aliphatic heterocycles. The van der Waals surface area contributed by atoms with Gasteiger partial charge in [0, 0.05) is 11.6 Å². The van der Waals surface area contributed by atoms with E-state index in [1.54, 1.807) is 38.1 Å². The first-order valence-corrected chi connectivity index (χ1v) is 11.4. The van der Waals surface area contributed by atoms with Crippen LogP contribution in [0.1, 0.15) is 39.2 Å². The van der Waals surface area contributed by atoms with E-state index in [-0.39, 0.29) is 35.3 Å². The van der Waals surface area contributed by atoms with E-state index in [1.165, 1.54) is 19.1 Å².